The predicted octanol–water partition coefficient (Wildman–Crippen LogP) is 3.12. The van der Waals surface area contributed by atoms with Gasteiger partial charge in [-0.15, -0.1) is 0 Å². The Hall–Kier alpha value is -1.74. The fourth-order valence-corrected chi connectivity index (χ4v) is 7.45. The molecule has 3 fully saturated rings. The average molecular weight is 547 g/mol. The van der Waals surface area contributed by atoms with Crippen LogP contribution >= 0.6 is 46.4 Å². The molecule has 35 heavy (non-hydrogen) atoms. The van der Waals surface area contributed by atoms with Crippen LogP contribution in [0.25, 0.3) is 0 Å². The van der Waals surface area contributed by atoms with Crippen LogP contribution in [0.1, 0.15) is 12.0 Å². The van der Waals surface area contributed by atoms with Gasteiger partial charge in [0.05, 0.1) is 43.5 Å². The average Bonchev–Trinajstić information content (AvgIpc) is 3.37. The summed E-state index contributed by atoms with van der Waals surface area (Å²) in [4.78, 5) is 44.5. The zero-order valence-electron chi connectivity index (χ0n) is 17.7. The molecule has 7 nitrogen and oxygen atoms in total. The highest BCUT2D eigenvalue weighted by Gasteiger charge is 2.85. The van der Waals surface area contributed by atoms with E-state index >= 15 is 0 Å². The number of hydrogen-bond acceptors (Lipinski definition) is 5. The summed E-state index contributed by atoms with van der Waals surface area (Å²) in [6, 6.07) is 6.15. The number of nitrogens with one attached hydrogen (secondary N) is 1. The monoisotopic (exact) mass is 545 g/mol. The first-order valence-electron chi connectivity index (χ1n) is 10.6. The van der Waals surface area contributed by atoms with Crippen molar-refractivity contribution in [2.24, 2.45) is 0 Å². The van der Waals surface area contributed by atoms with Crippen molar-refractivity contribution in [2.45, 2.75) is 34.7 Å². The summed E-state index contributed by atoms with van der Waals surface area (Å²) in [5.41, 5.74) is -1.50. The van der Waals surface area contributed by atoms with Gasteiger partial charge in [-0.25, -0.2) is 0 Å². The number of halogens is 4. The molecule has 6 rings (SSSR count). The lowest BCUT2D eigenvalue weighted by atomic mass is 9.39. The highest BCUT2D eigenvalue weighted by Crippen LogP contribution is 2.77. The molecule has 4 unspecified atom stereocenters. The van der Waals surface area contributed by atoms with Gasteiger partial charge in [-0.1, -0.05) is 46.4 Å². The number of aliphatic hydroxyl groups excluding tert-OH is 1. The molecule has 2 aromatic rings. The Morgan fingerprint density at radius 1 is 0.943 bits per heavy atom. The molecule has 3 saturated heterocycles. The van der Waals surface area contributed by atoms with E-state index in [1.54, 1.807) is 4.90 Å². The van der Waals surface area contributed by atoms with Gasteiger partial charge in [-0.3, -0.25) is 24.2 Å². The summed E-state index contributed by atoms with van der Waals surface area (Å²) in [7, 11) is 13.8. The maximum atomic E-state index is 14.2. The third-order valence-corrected chi connectivity index (χ3v) is 8.63. The number of anilines is 2. The molecular weight excluding hydrogens is 534 g/mol. The van der Waals surface area contributed by atoms with Gasteiger partial charge in [-0.2, -0.15) is 0 Å². The van der Waals surface area contributed by atoms with E-state index in [2.05, 4.69) is 5.32 Å². The van der Waals surface area contributed by atoms with Crippen molar-refractivity contribution < 1.29 is 19.5 Å². The van der Waals surface area contributed by atoms with Gasteiger partial charge in [0.1, 0.15) is 5.54 Å². The third kappa shape index (κ3) is 2.52. The highest BCUT2D eigenvalue weighted by atomic mass is 35.5. The van der Waals surface area contributed by atoms with E-state index in [9.17, 15) is 19.5 Å². The topological polar surface area (TPSA) is 90.0 Å². The first-order chi connectivity index (χ1) is 16.4. The SMILES string of the molecule is [B]C12C(=O)N(c3cc(Cl)cc(Cl)c3)C(=O)C1([B])C1(C(=O)Nc3c(Cl)cc(Cl)cc31)N1C[C@@H](O)CC12. The number of aliphatic hydroxyl groups is 1. The van der Waals surface area contributed by atoms with E-state index in [0.717, 1.165) is 4.90 Å². The highest BCUT2D eigenvalue weighted by molar-refractivity contribution is 6.56. The number of nitrogens with zero attached hydrogens (tertiary/aromatic N) is 2. The summed E-state index contributed by atoms with van der Waals surface area (Å²) < 4.78 is 0. The predicted molar refractivity (Wildman–Crippen MR) is 134 cm³/mol. The molecular formula is C22H13B2Cl4N3O4. The van der Waals surface area contributed by atoms with Crippen LogP contribution in [0.15, 0.2) is 30.3 Å². The fraction of sp³-hybridized carbons (Fsp3) is 0.318. The molecule has 5 atom stereocenters. The second-order valence-corrected chi connectivity index (χ2v) is 11.0. The first-order valence-corrected chi connectivity index (χ1v) is 12.1. The molecule has 4 heterocycles. The van der Waals surface area contributed by atoms with Gasteiger partial charge in [0.25, 0.3) is 0 Å². The van der Waals surface area contributed by atoms with Gasteiger partial charge in [0, 0.05) is 38.5 Å². The Morgan fingerprint density at radius 2 is 1.57 bits per heavy atom. The van der Waals surface area contributed by atoms with Crippen LogP contribution in [0.4, 0.5) is 11.4 Å². The van der Waals surface area contributed by atoms with Gasteiger partial charge in [-0.05, 0) is 36.8 Å². The van der Waals surface area contributed by atoms with E-state index in [-0.39, 0.29) is 50.0 Å². The van der Waals surface area contributed by atoms with E-state index in [1.807, 2.05) is 0 Å². The summed E-state index contributed by atoms with van der Waals surface area (Å²) >= 11 is 25.0. The lowest BCUT2D eigenvalue weighted by molar-refractivity contribution is -0.134. The van der Waals surface area contributed by atoms with Crippen LogP contribution in [0, 0.1) is 0 Å². The largest absolute Gasteiger partial charge is 0.392 e. The van der Waals surface area contributed by atoms with E-state index in [0.29, 0.717) is 0 Å². The molecule has 2 aromatic carbocycles. The molecule has 0 bridgehead atoms. The van der Waals surface area contributed by atoms with Crippen LogP contribution in [0.2, 0.25) is 30.7 Å². The molecule has 0 aromatic heterocycles. The smallest absolute Gasteiger partial charge is 0.250 e. The van der Waals surface area contributed by atoms with Crippen LogP contribution < -0.4 is 10.2 Å². The second-order valence-electron chi connectivity index (χ2n) is 9.28. The normalized spacial score (nSPS) is 35.6. The Morgan fingerprint density at radius 3 is 2.23 bits per heavy atom. The lowest BCUT2D eigenvalue weighted by Crippen LogP contribution is -2.57. The Bertz CT molecular complexity index is 1370. The minimum atomic E-state index is -2.29. The molecule has 1 spiro atoms. The first kappa shape index (κ1) is 23.6. The van der Waals surface area contributed by atoms with Crippen molar-refractivity contribution in [1.82, 2.24) is 4.90 Å². The maximum Gasteiger partial charge on any atom is 0.250 e. The van der Waals surface area contributed by atoms with Crippen LogP contribution in [-0.2, 0) is 19.9 Å². The summed E-state index contributed by atoms with van der Waals surface area (Å²) in [6.45, 7) is -0.0525. The minimum absolute atomic E-state index is 0.0112. The van der Waals surface area contributed by atoms with Crippen LogP contribution in [0.5, 0.6) is 0 Å². The second kappa shape index (κ2) is 7.18. The summed E-state index contributed by atoms with van der Waals surface area (Å²) in [5, 5.41) is 9.57. The Balaban J connectivity index is 1.68. The van der Waals surface area contributed by atoms with E-state index in [4.69, 9.17) is 62.1 Å². The Kier molecular flexibility index (Phi) is 4.85. The zero-order valence-corrected chi connectivity index (χ0v) is 20.7. The van der Waals surface area contributed by atoms with E-state index < -0.39 is 46.0 Å². The standard InChI is InChI=1S/C22H13B2Cl4N3O4/c23-20-15-6-12(32)7-30(15)21(13-4-10(27)5-14(28)16(13)29-17(21)33)22(20,24)19(35)31(18(20)34)11-2-8(25)1-9(26)3-11/h1-5,12,15,32H,6-7H2,(H,29,33)/t12-,15?,20?,21?,22?/m0/s1. The summed E-state index contributed by atoms with van der Waals surface area (Å²) in [6.07, 6.45) is -0.914. The van der Waals surface area contributed by atoms with Gasteiger partial charge in [0.15, 0.2) is 0 Å². The van der Waals surface area contributed by atoms with Gasteiger partial charge >= 0.3 is 0 Å². The molecule has 13 heteroatoms. The lowest BCUT2D eigenvalue weighted by Gasteiger charge is -2.44. The van der Waals surface area contributed by atoms with Crippen LogP contribution in [0.3, 0.4) is 0 Å². The quantitative estimate of drug-likeness (QED) is 0.424. The molecule has 0 aliphatic carbocycles. The van der Waals surface area contributed by atoms with Crippen molar-refractivity contribution in [2.75, 3.05) is 16.8 Å². The number of hydrogen-bond donors (Lipinski definition) is 2. The fourth-order valence-electron chi connectivity index (χ4n) is 6.39. The van der Waals surface area contributed by atoms with Crippen molar-refractivity contribution >= 4 is 91.2 Å². The molecule has 3 amide bonds. The van der Waals surface area contributed by atoms with Crippen molar-refractivity contribution in [3.05, 3.63) is 56.0 Å². The van der Waals surface area contributed by atoms with Gasteiger partial charge < -0.3 is 10.4 Å². The summed E-state index contributed by atoms with van der Waals surface area (Å²) in [5.74, 6) is -2.44. The number of benzene rings is 2. The Labute approximate surface area is 222 Å². The number of rotatable bonds is 1. The number of amides is 3. The number of imide groups is 1. The zero-order chi connectivity index (χ0) is 25.2. The number of carbonyl (C=O) groups is 3. The third-order valence-electron chi connectivity index (χ3n) is 7.67. The molecule has 4 aliphatic rings. The molecule has 0 saturated carbocycles. The van der Waals surface area contributed by atoms with Crippen molar-refractivity contribution in [1.29, 1.82) is 0 Å². The van der Waals surface area contributed by atoms with E-state index in [1.165, 1.54) is 30.3 Å². The number of fused-ring (bicyclic) bond motifs is 7. The molecule has 4 radical (unpaired) electrons. The number of carbonyl (C=O) groups excluding carboxylic acids is 3. The van der Waals surface area contributed by atoms with Gasteiger partial charge in [0.2, 0.25) is 17.7 Å². The molecule has 4 aliphatic heterocycles. The maximum absolute atomic E-state index is 14.2. The minimum Gasteiger partial charge on any atom is -0.392 e. The van der Waals surface area contributed by atoms with Crippen molar-refractivity contribution in [3.8, 4) is 0 Å². The van der Waals surface area contributed by atoms with Crippen LogP contribution in [-0.4, -0.2) is 62.1 Å². The molecule has 174 valence electrons. The molecule has 2 N–H and O–H groups in total. The van der Waals surface area contributed by atoms with Crippen molar-refractivity contribution in [3.63, 3.8) is 0 Å².